The molecule has 0 fully saturated rings. The van der Waals surface area contributed by atoms with Gasteiger partial charge in [-0.2, -0.15) is 8.78 Å². The molecule has 1 N–H and O–H groups in total. The number of benzene rings is 1. The lowest BCUT2D eigenvalue weighted by Crippen LogP contribution is -2.41. The van der Waals surface area contributed by atoms with E-state index in [1.807, 2.05) is 12.3 Å². The fraction of sp³-hybridized carbons (Fsp3) is 0.353. The molecule has 7 heteroatoms. The summed E-state index contributed by atoms with van der Waals surface area (Å²) in [5.74, 6) is -2.71. The number of anilines is 1. The van der Waals surface area contributed by atoms with Crippen LogP contribution in [0.5, 0.6) is 0 Å². The summed E-state index contributed by atoms with van der Waals surface area (Å²) in [7, 11) is 0. The number of carbonyl (C=O) groups excluding carboxylic acids is 1. The Morgan fingerprint density at radius 3 is 2.88 bits per heavy atom. The van der Waals surface area contributed by atoms with Crippen LogP contribution < -0.4 is 5.32 Å². The molecule has 0 spiro atoms. The number of rotatable bonds is 5. The van der Waals surface area contributed by atoms with Crippen molar-refractivity contribution in [3.05, 3.63) is 48.3 Å². The molecule has 0 aliphatic carbocycles. The maximum Gasteiger partial charge on any atom is 0.288 e. The Morgan fingerprint density at radius 1 is 1.29 bits per heavy atom. The first-order valence-corrected chi connectivity index (χ1v) is 8.65. The van der Waals surface area contributed by atoms with Gasteiger partial charge in [-0.1, -0.05) is 23.9 Å². The molecule has 2 heterocycles. The van der Waals surface area contributed by atoms with Crippen molar-refractivity contribution in [3.8, 4) is 0 Å². The minimum Gasteiger partial charge on any atom is -0.349 e. The van der Waals surface area contributed by atoms with E-state index in [9.17, 15) is 13.6 Å². The van der Waals surface area contributed by atoms with Crippen LogP contribution in [0, 0.1) is 0 Å². The van der Waals surface area contributed by atoms with Gasteiger partial charge in [0, 0.05) is 35.9 Å². The van der Waals surface area contributed by atoms with Gasteiger partial charge in [-0.25, -0.2) is 0 Å². The summed E-state index contributed by atoms with van der Waals surface area (Å²) in [5.41, 5.74) is 1.61. The van der Waals surface area contributed by atoms with Crippen molar-refractivity contribution in [1.29, 1.82) is 0 Å². The number of hydrogen-bond donors (Lipinski definition) is 1. The molecule has 1 aliphatic rings. The van der Waals surface area contributed by atoms with E-state index in [-0.39, 0.29) is 18.5 Å². The van der Waals surface area contributed by atoms with Crippen molar-refractivity contribution in [2.75, 3.05) is 18.4 Å². The Balaban J connectivity index is 1.65. The Hall–Kier alpha value is -1.86. The van der Waals surface area contributed by atoms with Gasteiger partial charge in [0.05, 0.1) is 12.2 Å². The van der Waals surface area contributed by atoms with Crippen molar-refractivity contribution in [1.82, 2.24) is 9.47 Å². The molecule has 128 valence electrons. The number of nitrogens with zero attached hydrogens (tertiary/aromatic N) is 2. The van der Waals surface area contributed by atoms with Crippen molar-refractivity contribution >= 4 is 23.4 Å². The Morgan fingerprint density at radius 2 is 2.08 bits per heavy atom. The summed E-state index contributed by atoms with van der Waals surface area (Å²) >= 11 is 0.441. The van der Waals surface area contributed by atoms with E-state index < -0.39 is 5.76 Å². The highest BCUT2D eigenvalue weighted by atomic mass is 32.2. The van der Waals surface area contributed by atoms with Crippen LogP contribution in [0.25, 0.3) is 0 Å². The predicted octanol–water partition coefficient (Wildman–Crippen LogP) is 3.82. The number of aromatic nitrogens is 1. The smallest absolute Gasteiger partial charge is 0.288 e. The first-order valence-electron chi connectivity index (χ1n) is 7.77. The molecule has 1 aromatic heterocycles. The van der Waals surface area contributed by atoms with E-state index in [4.69, 9.17) is 0 Å². The normalized spacial score (nSPS) is 17.8. The predicted molar refractivity (Wildman–Crippen MR) is 91.4 cm³/mol. The Labute approximate surface area is 143 Å². The van der Waals surface area contributed by atoms with Crippen molar-refractivity contribution in [2.24, 2.45) is 0 Å². The number of para-hydroxylation sites is 1. The second kappa shape index (κ2) is 7.36. The van der Waals surface area contributed by atoms with Crippen LogP contribution in [0.3, 0.4) is 0 Å². The zero-order chi connectivity index (χ0) is 17.1. The third-order valence-corrected chi connectivity index (χ3v) is 4.98. The molecule has 1 unspecified atom stereocenters. The standard InChI is InChI=1S/C17H19F2N3OS/c1-12-14-6-4-8-21(14)9-10-22(12)11-16(23)20-13-5-2-3-7-15(13)24-17(18)19/h2-8,12,17H,9-11H2,1H3,(H,20,23). The molecule has 1 aliphatic heterocycles. The number of hydrogen-bond acceptors (Lipinski definition) is 3. The van der Waals surface area contributed by atoms with Gasteiger partial charge in [0.2, 0.25) is 5.91 Å². The number of alkyl halides is 2. The molecule has 3 rings (SSSR count). The Bertz CT molecular complexity index is 719. The fourth-order valence-corrected chi connectivity index (χ4v) is 3.58. The summed E-state index contributed by atoms with van der Waals surface area (Å²) in [4.78, 5) is 14.8. The summed E-state index contributed by atoms with van der Waals surface area (Å²) in [6, 6.07) is 10.8. The summed E-state index contributed by atoms with van der Waals surface area (Å²) in [5, 5.41) is 2.76. The lowest BCUT2D eigenvalue weighted by molar-refractivity contribution is -0.118. The second-order valence-corrected chi connectivity index (χ2v) is 6.73. The highest BCUT2D eigenvalue weighted by Crippen LogP contribution is 2.32. The molecule has 0 saturated heterocycles. The van der Waals surface area contributed by atoms with E-state index in [1.54, 1.807) is 24.3 Å². The molecule has 2 aromatic rings. The van der Waals surface area contributed by atoms with Crippen LogP contribution >= 0.6 is 11.8 Å². The van der Waals surface area contributed by atoms with Gasteiger partial charge in [-0.05, 0) is 31.2 Å². The number of fused-ring (bicyclic) bond motifs is 1. The number of halogens is 2. The average Bonchev–Trinajstić information content (AvgIpc) is 3.01. The molecule has 24 heavy (non-hydrogen) atoms. The zero-order valence-corrected chi connectivity index (χ0v) is 14.1. The fourth-order valence-electron chi connectivity index (χ4n) is 2.99. The Kier molecular flexibility index (Phi) is 5.20. The van der Waals surface area contributed by atoms with Crippen LogP contribution in [-0.4, -0.2) is 34.2 Å². The lowest BCUT2D eigenvalue weighted by atomic mass is 10.1. The van der Waals surface area contributed by atoms with E-state index >= 15 is 0 Å². The number of amides is 1. The highest BCUT2D eigenvalue weighted by Gasteiger charge is 2.25. The van der Waals surface area contributed by atoms with Crippen LogP contribution in [0.2, 0.25) is 0 Å². The van der Waals surface area contributed by atoms with Gasteiger partial charge in [-0.3, -0.25) is 9.69 Å². The average molecular weight is 351 g/mol. The third-order valence-electron chi connectivity index (χ3n) is 4.19. The van der Waals surface area contributed by atoms with E-state index in [0.717, 1.165) is 13.1 Å². The largest absolute Gasteiger partial charge is 0.349 e. The maximum atomic E-state index is 12.6. The molecular weight excluding hydrogens is 332 g/mol. The number of nitrogens with one attached hydrogen (secondary N) is 1. The van der Waals surface area contributed by atoms with E-state index in [0.29, 0.717) is 22.3 Å². The SMILES string of the molecule is CC1c2cccn2CCN1CC(=O)Nc1ccccc1SC(F)F. The molecule has 1 atom stereocenters. The molecular formula is C17H19F2N3OS. The molecule has 1 aromatic carbocycles. The minimum atomic E-state index is -2.52. The molecule has 0 saturated carbocycles. The lowest BCUT2D eigenvalue weighted by Gasteiger charge is -2.34. The topological polar surface area (TPSA) is 37.3 Å². The number of thioether (sulfide) groups is 1. The van der Waals surface area contributed by atoms with Crippen molar-refractivity contribution in [2.45, 2.75) is 30.2 Å². The quantitative estimate of drug-likeness (QED) is 0.832. The van der Waals surface area contributed by atoms with Crippen LogP contribution in [0.4, 0.5) is 14.5 Å². The van der Waals surface area contributed by atoms with Crippen LogP contribution in [0.1, 0.15) is 18.7 Å². The molecule has 1 amide bonds. The summed E-state index contributed by atoms with van der Waals surface area (Å²) < 4.78 is 27.4. The van der Waals surface area contributed by atoms with Gasteiger partial charge in [0.15, 0.2) is 0 Å². The molecule has 0 radical (unpaired) electrons. The summed E-state index contributed by atoms with van der Waals surface area (Å²) in [6.45, 7) is 3.93. The van der Waals surface area contributed by atoms with Gasteiger partial charge < -0.3 is 9.88 Å². The van der Waals surface area contributed by atoms with E-state index in [2.05, 4.69) is 27.8 Å². The minimum absolute atomic E-state index is 0.144. The van der Waals surface area contributed by atoms with E-state index in [1.165, 1.54) is 5.69 Å². The first kappa shape index (κ1) is 17.0. The van der Waals surface area contributed by atoms with Gasteiger partial charge in [0.1, 0.15) is 0 Å². The molecule has 4 nitrogen and oxygen atoms in total. The molecule has 0 bridgehead atoms. The van der Waals surface area contributed by atoms with Gasteiger partial charge >= 0.3 is 0 Å². The summed E-state index contributed by atoms with van der Waals surface area (Å²) in [6.07, 6.45) is 2.04. The van der Waals surface area contributed by atoms with Crippen molar-refractivity contribution in [3.63, 3.8) is 0 Å². The van der Waals surface area contributed by atoms with Crippen LogP contribution in [-0.2, 0) is 11.3 Å². The second-order valence-electron chi connectivity index (χ2n) is 5.70. The van der Waals surface area contributed by atoms with Crippen molar-refractivity contribution < 1.29 is 13.6 Å². The van der Waals surface area contributed by atoms with Gasteiger partial charge in [-0.15, -0.1) is 0 Å². The monoisotopic (exact) mass is 351 g/mol. The van der Waals surface area contributed by atoms with Gasteiger partial charge in [0.25, 0.3) is 5.76 Å². The highest BCUT2D eigenvalue weighted by molar-refractivity contribution is 7.99. The maximum absolute atomic E-state index is 12.6. The third kappa shape index (κ3) is 3.79. The first-order chi connectivity index (χ1) is 11.5. The zero-order valence-electron chi connectivity index (χ0n) is 13.3. The number of carbonyl (C=O) groups is 1. The van der Waals surface area contributed by atoms with Crippen LogP contribution in [0.15, 0.2) is 47.5 Å².